The molecule has 5 rings (SSSR count). The van der Waals surface area contributed by atoms with Crippen molar-refractivity contribution in [1.29, 1.82) is 0 Å². The quantitative estimate of drug-likeness (QED) is 0.680. The van der Waals surface area contributed by atoms with E-state index in [9.17, 15) is 9.59 Å². The zero-order chi connectivity index (χ0) is 20.0. The highest BCUT2D eigenvalue weighted by molar-refractivity contribution is 6.05. The van der Waals surface area contributed by atoms with E-state index in [2.05, 4.69) is 11.9 Å². The van der Waals surface area contributed by atoms with Gasteiger partial charge in [0.25, 0.3) is 0 Å². The fraction of sp³-hybridized carbons (Fsp3) is 0.333. The zero-order valence-corrected chi connectivity index (χ0v) is 16.4. The highest BCUT2D eigenvalue weighted by Gasteiger charge is 2.50. The lowest BCUT2D eigenvalue weighted by atomic mass is 9.68. The minimum atomic E-state index is -0.304. The standard InChI is InChI=1S/C24H24N2O3/c1-2-16-17-12-13-26(24(28)29-14-15-8-4-3-5-9-15)22(16)20-18-10-6-7-11-19(18)25-21(20)23(17)27/h3-11,16-17,22,25H,2,12-14H2,1H3/t16-,17-,22+/m0/s1. The Balaban J connectivity index is 1.52. The average Bonchev–Trinajstić information content (AvgIpc) is 3.15. The van der Waals surface area contributed by atoms with Crippen molar-refractivity contribution >= 4 is 22.8 Å². The predicted molar refractivity (Wildman–Crippen MR) is 111 cm³/mol. The Hall–Kier alpha value is -3.08. The molecular formula is C24H24N2O3. The topological polar surface area (TPSA) is 62.4 Å². The Morgan fingerprint density at radius 3 is 2.69 bits per heavy atom. The van der Waals surface area contributed by atoms with E-state index in [4.69, 9.17) is 4.74 Å². The minimum Gasteiger partial charge on any atom is -0.445 e. The maximum atomic E-state index is 13.2. The number of hydrogen-bond donors (Lipinski definition) is 1. The Labute approximate surface area is 169 Å². The van der Waals surface area contributed by atoms with Crippen molar-refractivity contribution in [2.24, 2.45) is 11.8 Å². The van der Waals surface area contributed by atoms with E-state index in [0.29, 0.717) is 18.7 Å². The number of Topliss-reactive ketones (excluding diaryl/α,β-unsaturated/α-hetero) is 1. The molecule has 0 radical (unpaired) electrons. The first kappa shape index (κ1) is 18.0. The Morgan fingerprint density at radius 2 is 1.90 bits per heavy atom. The second kappa shape index (κ2) is 7.07. The molecule has 29 heavy (non-hydrogen) atoms. The van der Waals surface area contributed by atoms with Gasteiger partial charge in [0, 0.05) is 28.9 Å². The lowest BCUT2D eigenvalue weighted by Crippen LogP contribution is -2.51. The van der Waals surface area contributed by atoms with Gasteiger partial charge in [0.2, 0.25) is 0 Å². The maximum absolute atomic E-state index is 13.2. The number of likely N-dealkylation sites (tertiary alicyclic amines) is 1. The number of benzene rings is 2. The number of fused-ring (bicyclic) bond motifs is 6. The van der Waals surface area contributed by atoms with Gasteiger partial charge in [0.05, 0.1) is 11.7 Å². The molecule has 2 aromatic carbocycles. The predicted octanol–water partition coefficient (Wildman–Crippen LogP) is 5.09. The number of ether oxygens (including phenoxy) is 1. The fourth-order valence-electron chi connectivity index (χ4n) is 5.14. The molecule has 0 unspecified atom stereocenters. The van der Waals surface area contributed by atoms with Crippen molar-refractivity contribution in [3.8, 4) is 0 Å². The number of hydrogen-bond acceptors (Lipinski definition) is 3. The molecule has 1 aliphatic carbocycles. The number of ketones is 1. The summed E-state index contributed by atoms with van der Waals surface area (Å²) in [7, 11) is 0. The Kier molecular flexibility index (Phi) is 4.38. The molecule has 2 heterocycles. The Morgan fingerprint density at radius 1 is 1.14 bits per heavy atom. The number of carbonyl (C=O) groups excluding carboxylic acids is 2. The molecule has 3 aromatic rings. The monoisotopic (exact) mass is 388 g/mol. The van der Waals surface area contributed by atoms with Crippen molar-refractivity contribution < 1.29 is 14.3 Å². The highest BCUT2D eigenvalue weighted by Crippen LogP contribution is 2.50. The zero-order valence-electron chi connectivity index (χ0n) is 16.4. The molecule has 0 spiro atoms. The van der Waals surface area contributed by atoms with E-state index >= 15 is 0 Å². The van der Waals surface area contributed by atoms with Crippen LogP contribution in [0.2, 0.25) is 0 Å². The van der Waals surface area contributed by atoms with E-state index in [1.54, 1.807) is 0 Å². The van der Waals surface area contributed by atoms with Gasteiger partial charge in [-0.3, -0.25) is 4.79 Å². The molecule has 1 N–H and O–H groups in total. The van der Waals surface area contributed by atoms with Crippen LogP contribution in [0.5, 0.6) is 0 Å². The number of amides is 1. The molecule has 1 aliphatic heterocycles. The van der Waals surface area contributed by atoms with Gasteiger partial charge >= 0.3 is 6.09 Å². The molecule has 1 saturated heterocycles. The maximum Gasteiger partial charge on any atom is 0.410 e. The third-order valence-electron chi connectivity index (χ3n) is 6.48. The van der Waals surface area contributed by atoms with Crippen LogP contribution in [0.15, 0.2) is 54.6 Å². The number of carbonyl (C=O) groups is 2. The summed E-state index contributed by atoms with van der Waals surface area (Å²) in [6.07, 6.45) is 1.23. The number of para-hydroxylation sites is 1. The molecule has 1 aromatic heterocycles. The van der Waals surface area contributed by atoms with E-state index in [1.165, 1.54) is 0 Å². The molecular weight excluding hydrogens is 364 g/mol. The van der Waals surface area contributed by atoms with Crippen molar-refractivity contribution in [3.63, 3.8) is 0 Å². The summed E-state index contributed by atoms with van der Waals surface area (Å²) in [5.74, 6) is 0.271. The molecule has 1 fully saturated rings. The number of nitrogens with one attached hydrogen (secondary N) is 1. The van der Waals surface area contributed by atoms with Crippen LogP contribution in [0, 0.1) is 11.8 Å². The lowest BCUT2D eigenvalue weighted by molar-refractivity contribution is 0.0185. The van der Waals surface area contributed by atoms with Crippen LogP contribution >= 0.6 is 0 Å². The van der Waals surface area contributed by atoms with Crippen molar-refractivity contribution in [3.05, 3.63) is 71.4 Å². The third kappa shape index (κ3) is 2.84. The van der Waals surface area contributed by atoms with Gasteiger partial charge in [0.15, 0.2) is 5.78 Å². The lowest BCUT2D eigenvalue weighted by Gasteiger charge is -2.47. The normalized spacial score (nSPS) is 23.1. The summed E-state index contributed by atoms with van der Waals surface area (Å²) >= 11 is 0. The van der Waals surface area contributed by atoms with E-state index in [-0.39, 0.29) is 36.4 Å². The number of piperidine rings is 1. The summed E-state index contributed by atoms with van der Waals surface area (Å²) in [6, 6.07) is 17.6. The molecule has 5 heteroatoms. The fourth-order valence-corrected chi connectivity index (χ4v) is 5.14. The largest absolute Gasteiger partial charge is 0.445 e. The molecule has 0 saturated carbocycles. The summed E-state index contributed by atoms with van der Waals surface area (Å²) in [5.41, 5.74) is 3.55. The van der Waals surface area contributed by atoms with Crippen molar-refractivity contribution in [2.75, 3.05) is 6.54 Å². The van der Waals surface area contributed by atoms with Crippen LogP contribution in [-0.4, -0.2) is 28.3 Å². The summed E-state index contributed by atoms with van der Waals surface area (Å²) in [6.45, 7) is 2.91. The third-order valence-corrected chi connectivity index (χ3v) is 6.48. The average molecular weight is 388 g/mol. The molecule has 2 aliphatic rings. The first-order chi connectivity index (χ1) is 14.2. The molecule has 5 nitrogen and oxygen atoms in total. The SMILES string of the molecule is CC[C@H]1[C@@H]2CCN(C(=O)OCc3ccccc3)[C@H]1c1c([nH]c3ccccc13)C2=O. The van der Waals surface area contributed by atoms with Crippen LogP contribution in [0.25, 0.3) is 10.9 Å². The summed E-state index contributed by atoms with van der Waals surface area (Å²) < 4.78 is 5.67. The molecule has 2 bridgehead atoms. The molecule has 3 atom stereocenters. The second-order valence-electron chi connectivity index (χ2n) is 7.97. The second-order valence-corrected chi connectivity index (χ2v) is 7.97. The van der Waals surface area contributed by atoms with Crippen LogP contribution in [0.4, 0.5) is 4.79 Å². The number of rotatable bonds is 3. The van der Waals surface area contributed by atoms with Gasteiger partial charge < -0.3 is 14.6 Å². The first-order valence-electron chi connectivity index (χ1n) is 10.3. The van der Waals surface area contributed by atoms with Gasteiger partial charge in [-0.2, -0.15) is 0 Å². The van der Waals surface area contributed by atoms with Gasteiger partial charge in [-0.25, -0.2) is 4.79 Å². The van der Waals surface area contributed by atoms with Crippen molar-refractivity contribution in [1.82, 2.24) is 9.88 Å². The van der Waals surface area contributed by atoms with Crippen LogP contribution in [0.3, 0.4) is 0 Å². The van der Waals surface area contributed by atoms with E-state index in [1.807, 2.05) is 59.5 Å². The van der Waals surface area contributed by atoms with E-state index < -0.39 is 0 Å². The smallest absolute Gasteiger partial charge is 0.410 e. The van der Waals surface area contributed by atoms with Gasteiger partial charge in [0.1, 0.15) is 6.61 Å². The summed E-state index contributed by atoms with van der Waals surface area (Å²) in [4.78, 5) is 31.5. The van der Waals surface area contributed by atoms with Gasteiger partial charge in [-0.15, -0.1) is 0 Å². The number of nitrogens with zero attached hydrogens (tertiary/aromatic N) is 1. The Bertz CT molecular complexity index is 1070. The highest BCUT2D eigenvalue weighted by atomic mass is 16.6. The molecule has 148 valence electrons. The van der Waals surface area contributed by atoms with Gasteiger partial charge in [-0.05, 0) is 24.0 Å². The molecule has 1 amide bonds. The number of H-pyrrole nitrogens is 1. The summed E-state index contributed by atoms with van der Waals surface area (Å²) in [5, 5.41) is 1.03. The van der Waals surface area contributed by atoms with Crippen LogP contribution in [0.1, 0.15) is 47.4 Å². The van der Waals surface area contributed by atoms with Gasteiger partial charge in [-0.1, -0.05) is 61.9 Å². The van der Waals surface area contributed by atoms with Crippen molar-refractivity contribution in [2.45, 2.75) is 32.4 Å². The number of aromatic amines is 1. The first-order valence-corrected chi connectivity index (χ1v) is 10.3. The van der Waals surface area contributed by atoms with Crippen LogP contribution < -0.4 is 0 Å². The number of aromatic nitrogens is 1. The van der Waals surface area contributed by atoms with Crippen LogP contribution in [-0.2, 0) is 11.3 Å². The van der Waals surface area contributed by atoms with E-state index in [0.717, 1.165) is 28.5 Å². The minimum absolute atomic E-state index is 0.0382.